The molecule has 0 aliphatic carbocycles. The Morgan fingerprint density at radius 1 is 1.47 bits per heavy atom. The monoisotopic (exact) mass is 202 g/mol. The number of benzene rings is 1. The summed E-state index contributed by atoms with van der Waals surface area (Å²) in [6.07, 6.45) is 4.24. The van der Waals surface area contributed by atoms with Gasteiger partial charge in [0.1, 0.15) is 0 Å². The second-order valence-electron chi connectivity index (χ2n) is 4.16. The Labute approximate surface area is 91.6 Å². The molecule has 2 heteroatoms. The molecule has 0 amide bonds. The Kier molecular flexibility index (Phi) is 2.76. The van der Waals surface area contributed by atoms with Crippen molar-refractivity contribution in [3.63, 3.8) is 0 Å². The number of nitrogens with zero attached hydrogens (tertiary/aromatic N) is 2. The normalized spacial score (nSPS) is 20.7. The minimum Gasteiger partial charge on any atom is -0.372 e. The van der Waals surface area contributed by atoms with E-state index in [0.717, 1.165) is 12.1 Å². The van der Waals surface area contributed by atoms with Gasteiger partial charge in [0.05, 0.1) is 5.69 Å². The van der Waals surface area contributed by atoms with Gasteiger partial charge >= 0.3 is 0 Å². The van der Waals surface area contributed by atoms with Crippen LogP contribution in [0.15, 0.2) is 23.2 Å². The molecule has 0 spiro atoms. The van der Waals surface area contributed by atoms with Gasteiger partial charge in [-0.3, -0.25) is 4.99 Å². The summed E-state index contributed by atoms with van der Waals surface area (Å²) in [6.45, 7) is 4.24. The van der Waals surface area contributed by atoms with E-state index < -0.39 is 0 Å². The molecule has 15 heavy (non-hydrogen) atoms. The molecule has 0 aromatic heterocycles. The summed E-state index contributed by atoms with van der Waals surface area (Å²) in [4.78, 5) is 6.78. The maximum atomic E-state index is 4.43. The number of hydrogen-bond donors (Lipinski definition) is 0. The quantitative estimate of drug-likeness (QED) is 0.639. The van der Waals surface area contributed by atoms with E-state index in [1.165, 1.54) is 17.7 Å². The molecule has 0 saturated heterocycles. The van der Waals surface area contributed by atoms with E-state index in [1.54, 1.807) is 0 Å². The number of fused-ring (bicyclic) bond motifs is 1. The first-order valence-corrected chi connectivity index (χ1v) is 5.57. The Bertz CT molecular complexity index is 382. The standard InChI is InChI=1S/C13H18N2/c1-4-14-12-6-5-7-13-11(12)9-8-10(2)15(13)3/h4-7,10H,8-9H2,1-3H3. The van der Waals surface area contributed by atoms with Crippen molar-refractivity contribution in [2.75, 3.05) is 11.9 Å². The van der Waals surface area contributed by atoms with Crippen molar-refractivity contribution >= 4 is 17.6 Å². The summed E-state index contributed by atoms with van der Waals surface area (Å²) < 4.78 is 0. The number of anilines is 1. The van der Waals surface area contributed by atoms with Crippen molar-refractivity contribution < 1.29 is 0 Å². The third-order valence-corrected chi connectivity index (χ3v) is 3.25. The summed E-state index contributed by atoms with van der Waals surface area (Å²) in [5.74, 6) is 0. The molecule has 0 radical (unpaired) electrons. The Balaban J connectivity index is 2.48. The Hall–Kier alpha value is -1.31. The van der Waals surface area contributed by atoms with Crippen LogP contribution in [0.2, 0.25) is 0 Å². The average molecular weight is 202 g/mol. The molecular weight excluding hydrogens is 184 g/mol. The molecule has 1 atom stereocenters. The van der Waals surface area contributed by atoms with Crippen LogP contribution < -0.4 is 4.90 Å². The summed E-state index contributed by atoms with van der Waals surface area (Å²) in [5, 5.41) is 0. The van der Waals surface area contributed by atoms with E-state index >= 15 is 0 Å². The molecule has 1 aromatic carbocycles. The Morgan fingerprint density at radius 2 is 2.27 bits per heavy atom. The van der Waals surface area contributed by atoms with E-state index in [9.17, 15) is 0 Å². The fourth-order valence-electron chi connectivity index (χ4n) is 2.19. The lowest BCUT2D eigenvalue weighted by Crippen LogP contribution is -2.33. The van der Waals surface area contributed by atoms with Crippen LogP contribution in [0.1, 0.15) is 25.8 Å². The smallest absolute Gasteiger partial charge is 0.0678 e. The van der Waals surface area contributed by atoms with Gasteiger partial charge in [-0.05, 0) is 38.8 Å². The summed E-state index contributed by atoms with van der Waals surface area (Å²) in [7, 11) is 2.17. The molecule has 0 bridgehead atoms. The van der Waals surface area contributed by atoms with Gasteiger partial charge in [-0.15, -0.1) is 0 Å². The van der Waals surface area contributed by atoms with Gasteiger partial charge in [0.15, 0.2) is 0 Å². The highest BCUT2D eigenvalue weighted by Gasteiger charge is 2.21. The van der Waals surface area contributed by atoms with Gasteiger partial charge in [0.25, 0.3) is 0 Å². The van der Waals surface area contributed by atoms with Crippen LogP contribution in [0.3, 0.4) is 0 Å². The van der Waals surface area contributed by atoms with Crippen LogP contribution in [0, 0.1) is 0 Å². The second-order valence-corrected chi connectivity index (χ2v) is 4.16. The highest BCUT2D eigenvalue weighted by Crippen LogP contribution is 2.35. The van der Waals surface area contributed by atoms with Gasteiger partial charge in [-0.2, -0.15) is 0 Å². The number of hydrogen-bond acceptors (Lipinski definition) is 2. The van der Waals surface area contributed by atoms with Gasteiger partial charge in [0.2, 0.25) is 0 Å². The first-order chi connectivity index (χ1) is 7.24. The first-order valence-electron chi connectivity index (χ1n) is 5.57. The minimum absolute atomic E-state index is 0.637. The fourth-order valence-corrected chi connectivity index (χ4v) is 2.19. The second kappa shape index (κ2) is 4.05. The third-order valence-electron chi connectivity index (χ3n) is 3.25. The maximum Gasteiger partial charge on any atom is 0.0678 e. The van der Waals surface area contributed by atoms with Crippen LogP contribution >= 0.6 is 0 Å². The van der Waals surface area contributed by atoms with Crippen molar-refractivity contribution in [1.82, 2.24) is 0 Å². The van der Waals surface area contributed by atoms with Gasteiger partial charge < -0.3 is 4.90 Å². The Morgan fingerprint density at radius 3 is 3.00 bits per heavy atom. The molecule has 80 valence electrons. The fraction of sp³-hybridized carbons (Fsp3) is 0.462. The molecular formula is C13H18N2. The van der Waals surface area contributed by atoms with Gasteiger partial charge in [-0.25, -0.2) is 0 Å². The zero-order valence-electron chi connectivity index (χ0n) is 9.70. The van der Waals surface area contributed by atoms with E-state index in [0.29, 0.717) is 6.04 Å². The lowest BCUT2D eigenvalue weighted by atomic mass is 9.96. The van der Waals surface area contributed by atoms with Gasteiger partial charge in [-0.1, -0.05) is 6.07 Å². The average Bonchev–Trinajstić information content (AvgIpc) is 2.25. The first kappa shape index (κ1) is 10.2. The van der Waals surface area contributed by atoms with Crippen molar-refractivity contribution in [2.24, 2.45) is 4.99 Å². The molecule has 2 rings (SSSR count). The molecule has 0 fully saturated rings. The van der Waals surface area contributed by atoms with E-state index in [2.05, 4.69) is 42.1 Å². The van der Waals surface area contributed by atoms with E-state index in [-0.39, 0.29) is 0 Å². The zero-order chi connectivity index (χ0) is 10.8. The predicted molar refractivity (Wildman–Crippen MR) is 66.5 cm³/mol. The van der Waals surface area contributed by atoms with Crippen LogP contribution in [-0.4, -0.2) is 19.3 Å². The van der Waals surface area contributed by atoms with Crippen LogP contribution in [-0.2, 0) is 6.42 Å². The maximum absolute atomic E-state index is 4.43. The summed E-state index contributed by atoms with van der Waals surface area (Å²) in [5.41, 5.74) is 3.88. The summed E-state index contributed by atoms with van der Waals surface area (Å²) >= 11 is 0. The predicted octanol–water partition coefficient (Wildman–Crippen LogP) is 3.18. The van der Waals surface area contributed by atoms with Crippen molar-refractivity contribution in [3.05, 3.63) is 23.8 Å². The molecule has 1 aromatic rings. The zero-order valence-corrected chi connectivity index (χ0v) is 9.70. The molecule has 2 nitrogen and oxygen atoms in total. The topological polar surface area (TPSA) is 15.6 Å². The largest absolute Gasteiger partial charge is 0.372 e. The lowest BCUT2D eigenvalue weighted by molar-refractivity contribution is 0.599. The molecule has 0 saturated carbocycles. The SMILES string of the molecule is CC=Nc1cccc2c1CCC(C)N2C. The highest BCUT2D eigenvalue weighted by atomic mass is 15.1. The molecule has 1 aliphatic rings. The van der Waals surface area contributed by atoms with Crippen LogP contribution in [0.4, 0.5) is 11.4 Å². The number of aliphatic imine (C=N–C) groups is 1. The van der Waals surface area contributed by atoms with Crippen molar-refractivity contribution in [3.8, 4) is 0 Å². The van der Waals surface area contributed by atoms with E-state index in [1.807, 2.05) is 13.1 Å². The lowest BCUT2D eigenvalue weighted by Gasteiger charge is -2.34. The highest BCUT2D eigenvalue weighted by molar-refractivity contribution is 5.70. The van der Waals surface area contributed by atoms with Crippen LogP contribution in [0.25, 0.3) is 0 Å². The van der Waals surface area contributed by atoms with Gasteiger partial charge in [0, 0.05) is 30.6 Å². The molecule has 1 heterocycles. The third kappa shape index (κ3) is 1.76. The molecule has 1 unspecified atom stereocenters. The van der Waals surface area contributed by atoms with E-state index in [4.69, 9.17) is 0 Å². The summed E-state index contributed by atoms with van der Waals surface area (Å²) in [6, 6.07) is 7.02. The molecule has 0 N–H and O–H groups in total. The number of rotatable bonds is 1. The van der Waals surface area contributed by atoms with Crippen molar-refractivity contribution in [2.45, 2.75) is 32.7 Å². The minimum atomic E-state index is 0.637. The molecule has 1 aliphatic heterocycles. The van der Waals surface area contributed by atoms with Crippen LogP contribution in [0.5, 0.6) is 0 Å². The van der Waals surface area contributed by atoms with Crippen molar-refractivity contribution in [1.29, 1.82) is 0 Å².